The van der Waals surface area contributed by atoms with Crippen LogP contribution in [-0.4, -0.2) is 50.5 Å². The first kappa shape index (κ1) is 17.3. The third-order valence-electron chi connectivity index (χ3n) is 3.75. The lowest BCUT2D eigenvalue weighted by molar-refractivity contribution is -0.143. The summed E-state index contributed by atoms with van der Waals surface area (Å²) in [6, 6.07) is 3.96. The molecule has 3 rings (SSSR count). The van der Waals surface area contributed by atoms with Gasteiger partial charge in [-0.15, -0.1) is 16.4 Å². The third-order valence-corrected chi connectivity index (χ3v) is 4.61. The summed E-state index contributed by atoms with van der Waals surface area (Å²) in [5.41, 5.74) is 0. The van der Waals surface area contributed by atoms with E-state index in [1.54, 1.807) is 11.3 Å². The molecule has 2 aromatic rings. The first-order valence-corrected chi connectivity index (χ1v) is 8.56. The van der Waals surface area contributed by atoms with Crippen molar-refractivity contribution in [2.75, 3.05) is 13.2 Å². The van der Waals surface area contributed by atoms with Crippen LogP contribution in [0.15, 0.2) is 17.5 Å². The normalized spacial score (nSPS) is 18.6. The molecule has 3 heterocycles. The minimum atomic E-state index is -4.35. The van der Waals surface area contributed by atoms with Gasteiger partial charge in [-0.2, -0.15) is 13.2 Å². The van der Waals surface area contributed by atoms with Crippen molar-refractivity contribution in [1.29, 1.82) is 0 Å². The molecule has 1 atom stereocenters. The lowest BCUT2D eigenvalue weighted by Gasteiger charge is -2.24. The fraction of sp³-hybridized carbons (Fsp3) is 0.643. The molecular weight excluding hydrogens is 343 g/mol. The summed E-state index contributed by atoms with van der Waals surface area (Å²) >= 11 is 1.62. The summed E-state index contributed by atoms with van der Waals surface area (Å²) in [6.07, 6.45) is -2.26. The molecule has 0 aromatic carbocycles. The zero-order chi connectivity index (χ0) is 17.0. The van der Waals surface area contributed by atoms with Gasteiger partial charge in [0.1, 0.15) is 6.54 Å². The first-order valence-electron chi connectivity index (χ1n) is 7.68. The van der Waals surface area contributed by atoms with Gasteiger partial charge in [-0.05, 0) is 34.7 Å². The van der Waals surface area contributed by atoms with Gasteiger partial charge in [0.2, 0.25) is 0 Å². The summed E-state index contributed by atoms with van der Waals surface area (Å²) < 4.78 is 44.3. The minimum Gasteiger partial charge on any atom is -0.377 e. The van der Waals surface area contributed by atoms with Gasteiger partial charge in [0.05, 0.1) is 12.6 Å². The van der Waals surface area contributed by atoms with Gasteiger partial charge in [-0.25, -0.2) is 4.68 Å². The van der Waals surface area contributed by atoms with Crippen LogP contribution in [0.2, 0.25) is 0 Å². The van der Waals surface area contributed by atoms with E-state index in [1.165, 1.54) is 0 Å². The van der Waals surface area contributed by atoms with Crippen LogP contribution in [-0.2, 0) is 24.4 Å². The maximum atomic E-state index is 12.6. The van der Waals surface area contributed by atoms with Crippen molar-refractivity contribution < 1.29 is 17.9 Å². The second-order valence-corrected chi connectivity index (χ2v) is 6.78. The van der Waals surface area contributed by atoms with E-state index >= 15 is 0 Å². The number of tetrazole rings is 1. The standard InChI is InChI=1S/C14H18F3N5OS/c15-14(16,17)10-22-13(18-19-20-22)9-21(7-11-3-1-5-23-11)8-12-4-2-6-24-12/h2,4,6,11H,1,3,5,7-10H2/t11-/m0/s1. The number of nitrogens with zero attached hydrogens (tertiary/aromatic N) is 5. The van der Waals surface area contributed by atoms with Crippen molar-refractivity contribution >= 4 is 11.3 Å². The molecule has 1 saturated heterocycles. The molecule has 1 aliphatic heterocycles. The van der Waals surface area contributed by atoms with E-state index in [9.17, 15) is 13.2 Å². The van der Waals surface area contributed by atoms with Crippen molar-refractivity contribution in [3.8, 4) is 0 Å². The molecule has 0 unspecified atom stereocenters. The van der Waals surface area contributed by atoms with Crippen LogP contribution in [0.1, 0.15) is 23.5 Å². The predicted molar refractivity (Wildman–Crippen MR) is 81.3 cm³/mol. The van der Waals surface area contributed by atoms with Crippen molar-refractivity contribution in [2.24, 2.45) is 0 Å². The quantitative estimate of drug-likeness (QED) is 0.758. The van der Waals surface area contributed by atoms with Crippen LogP contribution in [0.3, 0.4) is 0 Å². The summed E-state index contributed by atoms with van der Waals surface area (Å²) in [5.74, 6) is 0.210. The molecule has 0 saturated carbocycles. The maximum absolute atomic E-state index is 12.6. The Morgan fingerprint density at radius 1 is 1.38 bits per heavy atom. The molecule has 24 heavy (non-hydrogen) atoms. The average molecular weight is 361 g/mol. The summed E-state index contributed by atoms with van der Waals surface area (Å²) in [5, 5.41) is 12.6. The number of alkyl halides is 3. The highest BCUT2D eigenvalue weighted by molar-refractivity contribution is 7.09. The second-order valence-electron chi connectivity index (χ2n) is 5.75. The Morgan fingerprint density at radius 2 is 2.25 bits per heavy atom. The molecule has 0 amide bonds. The highest BCUT2D eigenvalue weighted by Crippen LogP contribution is 2.20. The second kappa shape index (κ2) is 7.58. The van der Waals surface area contributed by atoms with Crippen LogP contribution in [0.4, 0.5) is 13.2 Å². The van der Waals surface area contributed by atoms with E-state index in [0.717, 1.165) is 29.0 Å². The molecule has 0 aliphatic carbocycles. The molecule has 0 radical (unpaired) electrons. The van der Waals surface area contributed by atoms with Crippen molar-refractivity contribution in [3.63, 3.8) is 0 Å². The molecule has 1 aliphatic rings. The van der Waals surface area contributed by atoms with E-state index in [2.05, 4.69) is 15.5 Å². The van der Waals surface area contributed by atoms with Gasteiger partial charge in [-0.1, -0.05) is 6.07 Å². The zero-order valence-electron chi connectivity index (χ0n) is 12.9. The number of thiophene rings is 1. The highest BCUT2D eigenvalue weighted by atomic mass is 32.1. The monoisotopic (exact) mass is 361 g/mol. The maximum Gasteiger partial charge on any atom is 0.408 e. The molecule has 0 spiro atoms. The van der Waals surface area contributed by atoms with Gasteiger partial charge in [0.25, 0.3) is 0 Å². The van der Waals surface area contributed by atoms with E-state index in [0.29, 0.717) is 13.1 Å². The van der Waals surface area contributed by atoms with Gasteiger partial charge in [-0.3, -0.25) is 4.90 Å². The van der Waals surface area contributed by atoms with Gasteiger partial charge < -0.3 is 4.74 Å². The number of hydrogen-bond acceptors (Lipinski definition) is 6. The van der Waals surface area contributed by atoms with Crippen molar-refractivity contribution in [1.82, 2.24) is 25.1 Å². The number of aromatic nitrogens is 4. The molecule has 10 heteroatoms. The lowest BCUT2D eigenvalue weighted by Crippen LogP contribution is -2.33. The molecule has 132 valence electrons. The summed E-state index contributed by atoms with van der Waals surface area (Å²) in [4.78, 5) is 3.18. The van der Waals surface area contributed by atoms with Gasteiger partial charge in [0, 0.05) is 24.6 Å². The van der Waals surface area contributed by atoms with Crippen LogP contribution in [0.25, 0.3) is 0 Å². The highest BCUT2D eigenvalue weighted by Gasteiger charge is 2.30. The average Bonchev–Trinajstić information content (AvgIpc) is 3.22. The van der Waals surface area contributed by atoms with E-state index in [4.69, 9.17) is 4.74 Å². The van der Waals surface area contributed by atoms with E-state index in [-0.39, 0.29) is 18.5 Å². The molecule has 2 aromatic heterocycles. The summed E-state index contributed by atoms with van der Waals surface area (Å²) in [7, 11) is 0. The Kier molecular flexibility index (Phi) is 5.47. The summed E-state index contributed by atoms with van der Waals surface area (Å²) in [6.45, 7) is 1.10. The zero-order valence-corrected chi connectivity index (χ0v) is 13.8. The number of ether oxygens (including phenoxy) is 1. The fourth-order valence-electron chi connectivity index (χ4n) is 2.71. The predicted octanol–water partition coefficient (Wildman–Crippen LogP) is 2.48. The number of halogens is 3. The molecule has 0 N–H and O–H groups in total. The topological polar surface area (TPSA) is 56.1 Å². The van der Waals surface area contributed by atoms with E-state index in [1.807, 2.05) is 22.4 Å². The largest absolute Gasteiger partial charge is 0.408 e. The minimum absolute atomic E-state index is 0.108. The van der Waals surface area contributed by atoms with Crippen LogP contribution < -0.4 is 0 Å². The lowest BCUT2D eigenvalue weighted by atomic mass is 10.2. The smallest absolute Gasteiger partial charge is 0.377 e. The Balaban J connectivity index is 1.69. The van der Waals surface area contributed by atoms with E-state index < -0.39 is 12.7 Å². The van der Waals surface area contributed by atoms with Crippen LogP contribution in [0.5, 0.6) is 0 Å². The van der Waals surface area contributed by atoms with Gasteiger partial charge in [0.15, 0.2) is 5.82 Å². The molecule has 0 bridgehead atoms. The SMILES string of the molecule is FC(F)(F)Cn1nnnc1CN(Cc1cccs1)C[C@@H]1CCCO1. The Bertz CT molecular complexity index is 625. The Labute approximate surface area is 141 Å². The molecule has 1 fully saturated rings. The number of hydrogen-bond donors (Lipinski definition) is 0. The fourth-order valence-corrected chi connectivity index (χ4v) is 3.46. The van der Waals surface area contributed by atoms with Gasteiger partial charge >= 0.3 is 6.18 Å². The van der Waals surface area contributed by atoms with Crippen molar-refractivity contribution in [3.05, 3.63) is 28.2 Å². The van der Waals surface area contributed by atoms with Crippen LogP contribution >= 0.6 is 11.3 Å². The Hall–Kier alpha value is -1.52. The van der Waals surface area contributed by atoms with Crippen LogP contribution in [0, 0.1) is 0 Å². The first-order chi connectivity index (χ1) is 11.5. The van der Waals surface area contributed by atoms with Crippen molar-refractivity contribution in [2.45, 2.75) is 44.8 Å². The Morgan fingerprint density at radius 3 is 2.92 bits per heavy atom. The number of rotatable bonds is 7. The third kappa shape index (κ3) is 4.99. The molecule has 6 nitrogen and oxygen atoms in total. The molecular formula is C14H18F3N5OS.